The molecule has 0 spiro atoms. The van der Waals surface area contributed by atoms with Crippen LogP contribution in [0.4, 0.5) is 5.69 Å². The van der Waals surface area contributed by atoms with Crippen molar-refractivity contribution in [3.05, 3.63) is 36.2 Å². The number of hydrogen-bond donors (Lipinski definition) is 1. The van der Waals surface area contributed by atoms with Crippen LogP contribution in [-0.4, -0.2) is 41.8 Å². The van der Waals surface area contributed by atoms with Crippen molar-refractivity contribution in [3.8, 4) is 0 Å². The fourth-order valence-corrected chi connectivity index (χ4v) is 4.95. The zero-order valence-electron chi connectivity index (χ0n) is 12.8. The van der Waals surface area contributed by atoms with Crippen molar-refractivity contribution in [2.75, 3.05) is 22.6 Å². The Balaban J connectivity index is 1.47. The topological polar surface area (TPSA) is 102 Å². The summed E-state index contributed by atoms with van der Waals surface area (Å²) in [6, 6.07) is 9.18. The van der Waals surface area contributed by atoms with E-state index in [0.29, 0.717) is 24.0 Å². The third-order valence-electron chi connectivity index (χ3n) is 3.62. The molecule has 1 aliphatic rings. The molecule has 3 rings (SSSR count). The quantitative estimate of drug-likeness (QED) is 0.776. The van der Waals surface area contributed by atoms with E-state index in [1.807, 2.05) is 30.3 Å². The van der Waals surface area contributed by atoms with E-state index in [1.54, 1.807) is 0 Å². The van der Waals surface area contributed by atoms with Gasteiger partial charge in [-0.3, -0.25) is 4.79 Å². The van der Waals surface area contributed by atoms with Crippen molar-refractivity contribution in [2.24, 2.45) is 5.92 Å². The summed E-state index contributed by atoms with van der Waals surface area (Å²) in [4.78, 5) is 11.9. The van der Waals surface area contributed by atoms with E-state index in [0.717, 1.165) is 17.4 Å². The molecule has 1 amide bonds. The summed E-state index contributed by atoms with van der Waals surface area (Å²) in [7, 11) is -2.91. The van der Waals surface area contributed by atoms with E-state index < -0.39 is 9.84 Å². The van der Waals surface area contributed by atoms with Gasteiger partial charge in [-0.2, -0.15) is 0 Å². The van der Waals surface area contributed by atoms with Gasteiger partial charge >= 0.3 is 0 Å². The Labute approximate surface area is 144 Å². The Morgan fingerprint density at radius 2 is 2.08 bits per heavy atom. The zero-order chi connectivity index (χ0) is 17.0. The molecule has 1 aromatic carbocycles. The Kier molecular flexibility index (Phi) is 5.20. The summed E-state index contributed by atoms with van der Waals surface area (Å²) in [5, 5.41) is 10.9. The SMILES string of the molecule is O=C(CSc1nnc(C[C@@H]2CCS(=O)(=O)C2)o1)Nc1ccccc1. The average molecular weight is 367 g/mol. The van der Waals surface area contributed by atoms with Crippen molar-refractivity contribution in [1.29, 1.82) is 0 Å². The first-order valence-electron chi connectivity index (χ1n) is 7.51. The van der Waals surface area contributed by atoms with Crippen LogP contribution >= 0.6 is 11.8 Å². The van der Waals surface area contributed by atoms with Crippen molar-refractivity contribution in [1.82, 2.24) is 10.2 Å². The lowest BCUT2D eigenvalue weighted by Gasteiger charge is -2.03. The number of benzene rings is 1. The minimum absolute atomic E-state index is 0.0367. The second-order valence-electron chi connectivity index (χ2n) is 5.64. The van der Waals surface area contributed by atoms with E-state index >= 15 is 0 Å². The van der Waals surface area contributed by atoms with Gasteiger partial charge < -0.3 is 9.73 Å². The van der Waals surface area contributed by atoms with Crippen LogP contribution in [0.1, 0.15) is 12.3 Å². The number of nitrogens with one attached hydrogen (secondary N) is 1. The molecule has 0 radical (unpaired) electrons. The van der Waals surface area contributed by atoms with Gasteiger partial charge in [-0.05, 0) is 24.5 Å². The maximum atomic E-state index is 11.9. The number of sulfone groups is 1. The van der Waals surface area contributed by atoms with E-state index in [9.17, 15) is 13.2 Å². The fraction of sp³-hybridized carbons (Fsp3) is 0.400. The highest BCUT2D eigenvalue weighted by molar-refractivity contribution is 7.99. The molecule has 1 saturated heterocycles. The number of nitrogens with zero attached hydrogens (tertiary/aromatic N) is 2. The van der Waals surface area contributed by atoms with Gasteiger partial charge in [-0.15, -0.1) is 10.2 Å². The summed E-state index contributed by atoms with van der Waals surface area (Å²) < 4.78 is 28.4. The van der Waals surface area contributed by atoms with Gasteiger partial charge in [0.15, 0.2) is 9.84 Å². The lowest BCUT2D eigenvalue weighted by molar-refractivity contribution is -0.113. The average Bonchev–Trinajstić information content (AvgIpc) is 3.13. The van der Waals surface area contributed by atoms with Gasteiger partial charge in [-0.25, -0.2) is 8.42 Å². The first-order chi connectivity index (χ1) is 11.5. The lowest BCUT2D eigenvalue weighted by atomic mass is 10.1. The first-order valence-corrected chi connectivity index (χ1v) is 10.3. The second-order valence-corrected chi connectivity index (χ2v) is 8.79. The van der Waals surface area contributed by atoms with Crippen LogP contribution in [0.5, 0.6) is 0 Å². The molecule has 1 aliphatic heterocycles. The van der Waals surface area contributed by atoms with Crippen LogP contribution in [-0.2, 0) is 21.1 Å². The van der Waals surface area contributed by atoms with Crippen LogP contribution in [0.3, 0.4) is 0 Å². The molecular formula is C15H17N3O4S2. The number of carbonyl (C=O) groups is 1. The number of thioether (sulfide) groups is 1. The third kappa shape index (κ3) is 4.81. The largest absolute Gasteiger partial charge is 0.416 e. The second kappa shape index (κ2) is 7.35. The number of rotatable bonds is 6. The Bertz CT molecular complexity index is 805. The number of carbonyl (C=O) groups excluding carboxylic acids is 1. The van der Waals surface area contributed by atoms with Crippen LogP contribution < -0.4 is 5.32 Å². The van der Waals surface area contributed by atoms with Crippen LogP contribution in [0.25, 0.3) is 0 Å². The van der Waals surface area contributed by atoms with E-state index in [1.165, 1.54) is 0 Å². The predicted molar refractivity (Wildman–Crippen MR) is 90.6 cm³/mol. The monoisotopic (exact) mass is 367 g/mol. The molecule has 128 valence electrons. The summed E-state index contributed by atoms with van der Waals surface area (Å²) >= 11 is 1.16. The smallest absolute Gasteiger partial charge is 0.277 e. The van der Waals surface area contributed by atoms with Gasteiger partial charge in [0, 0.05) is 12.1 Å². The molecular weight excluding hydrogens is 350 g/mol. The van der Waals surface area contributed by atoms with Crippen LogP contribution in [0.15, 0.2) is 40.0 Å². The minimum atomic E-state index is -2.91. The van der Waals surface area contributed by atoms with Crippen LogP contribution in [0, 0.1) is 5.92 Å². The minimum Gasteiger partial charge on any atom is -0.416 e. The van der Waals surface area contributed by atoms with Crippen LogP contribution in [0.2, 0.25) is 0 Å². The fourth-order valence-electron chi connectivity index (χ4n) is 2.50. The van der Waals surface area contributed by atoms with Crippen molar-refractivity contribution < 1.29 is 17.6 Å². The molecule has 2 heterocycles. The van der Waals surface area contributed by atoms with Gasteiger partial charge in [0.25, 0.3) is 5.22 Å². The zero-order valence-corrected chi connectivity index (χ0v) is 14.5. The molecule has 1 atom stereocenters. The Morgan fingerprint density at radius 1 is 1.29 bits per heavy atom. The number of aromatic nitrogens is 2. The molecule has 1 fully saturated rings. The maximum Gasteiger partial charge on any atom is 0.277 e. The van der Waals surface area contributed by atoms with E-state index in [4.69, 9.17) is 4.42 Å². The summed E-state index contributed by atoms with van der Waals surface area (Å²) in [6.45, 7) is 0. The molecule has 9 heteroatoms. The maximum absolute atomic E-state index is 11.9. The Hall–Kier alpha value is -1.87. The molecule has 2 aromatic rings. The molecule has 0 saturated carbocycles. The number of para-hydroxylation sites is 1. The predicted octanol–water partition coefficient (Wildman–Crippen LogP) is 1.78. The van der Waals surface area contributed by atoms with Gasteiger partial charge in [0.05, 0.1) is 17.3 Å². The van der Waals surface area contributed by atoms with Crippen molar-refractivity contribution >= 4 is 33.2 Å². The van der Waals surface area contributed by atoms with Crippen molar-refractivity contribution in [2.45, 2.75) is 18.1 Å². The molecule has 0 aliphatic carbocycles. The number of hydrogen-bond acceptors (Lipinski definition) is 7. The molecule has 7 nitrogen and oxygen atoms in total. The molecule has 24 heavy (non-hydrogen) atoms. The molecule has 1 N–H and O–H groups in total. The highest BCUT2D eigenvalue weighted by Gasteiger charge is 2.29. The van der Waals surface area contributed by atoms with Gasteiger partial charge in [-0.1, -0.05) is 30.0 Å². The standard InChI is InChI=1S/C15H17N3O4S2/c19-13(16-12-4-2-1-3-5-12)9-23-15-18-17-14(22-15)8-11-6-7-24(20,21)10-11/h1-5,11H,6-10H2,(H,16,19)/t11-/m0/s1. The molecule has 1 aromatic heterocycles. The molecule has 0 bridgehead atoms. The number of anilines is 1. The normalized spacial score (nSPS) is 19.2. The molecule has 0 unspecified atom stereocenters. The third-order valence-corrected chi connectivity index (χ3v) is 6.28. The van der Waals surface area contributed by atoms with E-state index in [-0.39, 0.29) is 29.1 Å². The van der Waals surface area contributed by atoms with E-state index in [2.05, 4.69) is 15.5 Å². The summed E-state index contributed by atoms with van der Waals surface area (Å²) in [6.07, 6.45) is 1.09. The van der Waals surface area contributed by atoms with Gasteiger partial charge in [0.1, 0.15) is 0 Å². The number of amides is 1. The lowest BCUT2D eigenvalue weighted by Crippen LogP contribution is -2.13. The van der Waals surface area contributed by atoms with Crippen molar-refractivity contribution in [3.63, 3.8) is 0 Å². The summed E-state index contributed by atoms with van der Waals surface area (Å²) in [5.41, 5.74) is 0.733. The van der Waals surface area contributed by atoms with Gasteiger partial charge in [0.2, 0.25) is 11.8 Å². The highest BCUT2D eigenvalue weighted by Crippen LogP contribution is 2.24. The first kappa shape index (κ1) is 17.0. The Morgan fingerprint density at radius 3 is 2.79 bits per heavy atom. The summed E-state index contributed by atoms with van der Waals surface area (Å²) in [5.74, 6) is 0.865. The highest BCUT2D eigenvalue weighted by atomic mass is 32.2.